The van der Waals surface area contributed by atoms with E-state index in [0.717, 1.165) is 17.7 Å². The Hall–Kier alpha value is -2.36. The van der Waals surface area contributed by atoms with Crippen molar-refractivity contribution in [2.45, 2.75) is 27.2 Å². The van der Waals surface area contributed by atoms with Crippen LogP contribution in [0, 0.1) is 6.92 Å². The summed E-state index contributed by atoms with van der Waals surface area (Å²) in [5.41, 5.74) is 6.08. The summed E-state index contributed by atoms with van der Waals surface area (Å²) < 4.78 is 5.09. The van der Waals surface area contributed by atoms with Crippen LogP contribution in [0.5, 0.6) is 0 Å². The van der Waals surface area contributed by atoms with Crippen molar-refractivity contribution < 1.29 is 9.21 Å². The largest absolute Gasteiger partial charge is 0.469 e. The van der Waals surface area contributed by atoms with Gasteiger partial charge in [0.05, 0.1) is 17.5 Å². The van der Waals surface area contributed by atoms with Crippen LogP contribution >= 0.6 is 0 Å². The molecule has 1 amide bonds. The summed E-state index contributed by atoms with van der Waals surface area (Å²) in [7, 11) is 0. The Bertz CT molecular complexity index is 624. The molecule has 20 heavy (non-hydrogen) atoms. The number of benzene rings is 1. The second-order valence-corrected chi connectivity index (χ2v) is 4.58. The first-order chi connectivity index (χ1) is 9.61. The van der Waals surface area contributed by atoms with E-state index >= 15 is 0 Å². The highest BCUT2D eigenvalue weighted by Crippen LogP contribution is 2.09. The molecule has 0 spiro atoms. The van der Waals surface area contributed by atoms with Gasteiger partial charge in [0.1, 0.15) is 5.76 Å². The molecule has 1 N–H and O–H groups in total. The van der Waals surface area contributed by atoms with E-state index < -0.39 is 0 Å². The predicted octanol–water partition coefficient (Wildman–Crippen LogP) is 3.30. The van der Waals surface area contributed by atoms with Crippen LogP contribution in [0.3, 0.4) is 0 Å². The van der Waals surface area contributed by atoms with Crippen LogP contribution in [-0.4, -0.2) is 11.6 Å². The van der Waals surface area contributed by atoms with Gasteiger partial charge in [-0.1, -0.05) is 31.2 Å². The lowest BCUT2D eigenvalue weighted by Gasteiger charge is -2.03. The topological polar surface area (TPSA) is 54.6 Å². The van der Waals surface area contributed by atoms with E-state index in [0.29, 0.717) is 11.3 Å². The minimum atomic E-state index is -0.263. The molecule has 104 valence electrons. The zero-order valence-electron chi connectivity index (χ0n) is 11.9. The lowest BCUT2D eigenvalue weighted by atomic mass is 10.1. The van der Waals surface area contributed by atoms with Gasteiger partial charge >= 0.3 is 0 Å². The number of hydrogen-bond acceptors (Lipinski definition) is 3. The third-order valence-electron chi connectivity index (χ3n) is 3.21. The van der Waals surface area contributed by atoms with Crippen LogP contribution in [0.25, 0.3) is 0 Å². The molecule has 0 saturated heterocycles. The second kappa shape index (κ2) is 6.19. The summed E-state index contributed by atoms with van der Waals surface area (Å²) in [5, 5.41) is 4.12. The maximum atomic E-state index is 11.9. The lowest BCUT2D eigenvalue weighted by Crippen LogP contribution is -2.19. The average molecular weight is 270 g/mol. The first kappa shape index (κ1) is 14.1. The van der Waals surface area contributed by atoms with Crippen LogP contribution in [0.4, 0.5) is 0 Å². The van der Waals surface area contributed by atoms with Gasteiger partial charge < -0.3 is 4.42 Å². The number of nitrogens with one attached hydrogen (secondary N) is 1. The van der Waals surface area contributed by atoms with Crippen LogP contribution in [0.1, 0.15) is 41.1 Å². The Morgan fingerprint density at radius 2 is 1.95 bits per heavy atom. The quantitative estimate of drug-likeness (QED) is 0.684. The Labute approximate surface area is 118 Å². The van der Waals surface area contributed by atoms with Crippen molar-refractivity contribution in [3.8, 4) is 0 Å². The zero-order valence-corrected chi connectivity index (χ0v) is 11.9. The van der Waals surface area contributed by atoms with Gasteiger partial charge in [-0.3, -0.25) is 4.79 Å². The Morgan fingerprint density at radius 3 is 2.50 bits per heavy atom. The number of furan rings is 1. The van der Waals surface area contributed by atoms with Crippen molar-refractivity contribution in [1.82, 2.24) is 5.43 Å². The molecular formula is C16H18N2O2. The number of amides is 1. The van der Waals surface area contributed by atoms with Gasteiger partial charge in [-0.15, -0.1) is 0 Å². The highest BCUT2D eigenvalue weighted by molar-refractivity contribution is 6.01. The van der Waals surface area contributed by atoms with Crippen molar-refractivity contribution >= 4 is 11.6 Å². The van der Waals surface area contributed by atoms with Gasteiger partial charge in [0.2, 0.25) is 0 Å². The third-order valence-corrected chi connectivity index (χ3v) is 3.21. The normalized spacial score (nSPS) is 11.4. The van der Waals surface area contributed by atoms with Crippen molar-refractivity contribution in [1.29, 1.82) is 0 Å². The Balaban J connectivity index is 2.07. The van der Waals surface area contributed by atoms with E-state index in [1.807, 2.05) is 19.1 Å². The van der Waals surface area contributed by atoms with E-state index in [2.05, 4.69) is 29.6 Å². The molecule has 0 fully saturated rings. The molecule has 0 aliphatic rings. The fourth-order valence-electron chi connectivity index (χ4n) is 1.86. The van der Waals surface area contributed by atoms with Crippen molar-refractivity contribution in [3.05, 3.63) is 59.0 Å². The van der Waals surface area contributed by atoms with Gasteiger partial charge in [0.15, 0.2) is 0 Å². The summed E-state index contributed by atoms with van der Waals surface area (Å²) in [6, 6.07) is 9.78. The molecule has 2 rings (SSSR count). The fraction of sp³-hybridized carbons (Fsp3) is 0.250. The molecule has 4 heteroatoms. The predicted molar refractivity (Wildman–Crippen MR) is 78.9 cm³/mol. The van der Waals surface area contributed by atoms with Crippen LogP contribution in [0.2, 0.25) is 0 Å². The molecule has 0 atom stereocenters. The zero-order chi connectivity index (χ0) is 14.5. The van der Waals surface area contributed by atoms with E-state index in [9.17, 15) is 4.79 Å². The van der Waals surface area contributed by atoms with Crippen LogP contribution in [-0.2, 0) is 6.42 Å². The number of rotatable bonds is 4. The monoisotopic (exact) mass is 270 g/mol. The summed E-state index contributed by atoms with van der Waals surface area (Å²) in [5.74, 6) is 0.323. The number of hydrazone groups is 1. The summed E-state index contributed by atoms with van der Waals surface area (Å²) in [4.78, 5) is 11.9. The molecule has 0 unspecified atom stereocenters. The maximum absolute atomic E-state index is 11.9. The standard InChI is InChI=1S/C16H18N2O2/c1-4-13-5-7-14(8-6-13)11(2)17-18-16(19)15-9-10-20-12(15)3/h5-10H,4H2,1-3H3,(H,18,19). The SMILES string of the molecule is CCc1ccc(C(C)=NNC(=O)c2ccoc2C)cc1. The molecule has 1 aromatic carbocycles. The van der Waals surface area contributed by atoms with Crippen molar-refractivity contribution in [2.24, 2.45) is 5.10 Å². The molecule has 0 aliphatic heterocycles. The smallest absolute Gasteiger partial charge is 0.274 e. The highest BCUT2D eigenvalue weighted by atomic mass is 16.3. The molecule has 0 radical (unpaired) electrons. The summed E-state index contributed by atoms with van der Waals surface area (Å²) in [6.07, 6.45) is 2.50. The number of nitrogens with zero attached hydrogens (tertiary/aromatic N) is 1. The second-order valence-electron chi connectivity index (χ2n) is 4.58. The molecule has 0 bridgehead atoms. The molecule has 0 saturated carbocycles. The van der Waals surface area contributed by atoms with E-state index in [4.69, 9.17) is 4.42 Å². The van der Waals surface area contributed by atoms with Gasteiger partial charge in [0, 0.05) is 0 Å². The molecule has 4 nitrogen and oxygen atoms in total. The van der Waals surface area contributed by atoms with Crippen molar-refractivity contribution in [3.63, 3.8) is 0 Å². The molecular weight excluding hydrogens is 252 g/mol. The Morgan fingerprint density at radius 1 is 1.25 bits per heavy atom. The molecule has 2 aromatic rings. The summed E-state index contributed by atoms with van der Waals surface area (Å²) in [6.45, 7) is 5.72. The van der Waals surface area contributed by atoms with E-state index in [-0.39, 0.29) is 5.91 Å². The number of carbonyl (C=O) groups is 1. The number of hydrogen-bond donors (Lipinski definition) is 1. The van der Waals surface area contributed by atoms with Crippen LogP contribution in [0.15, 0.2) is 46.1 Å². The minimum absolute atomic E-state index is 0.263. The number of carbonyl (C=O) groups excluding carboxylic acids is 1. The molecule has 1 aromatic heterocycles. The van der Waals surface area contributed by atoms with Gasteiger partial charge in [-0.2, -0.15) is 5.10 Å². The maximum Gasteiger partial charge on any atom is 0.274 e. The Kier molecular flexibility index (Phi) is 4.35. The highest BCUT2D eigenvalue weighted by Gasteiger charge is 2.10. The van der Waals surface area contributed by atoms with Gasteiger partial charge in [-0.25, -0.2) is 5.43 Å². The summed E-state index contributed by atoms with van der Waals surface area (Å²) >= 11 is 0. The first-order valence-electron chi connectivity index (χ1n) is 6.60. The lowest BCUT2D eigenvalue weighted by molar-refractivity contribution is 0.0953. The average Bonchev–Trinajstić information content (AvgIpc) is 2.90. The van der Waals surface area contributed by atoms with E-state index in [1.165, 1.54) is 11.8 Å². The molecule has 0 aliphatic carbocycles. The van der Waals surface area contributed by atoms with Crippen molar-refractivity contribution in [2.75, 3.05) is 0 Å². The first-order valence-corrected chi connectivity index (χ1v) is 6.60. The van der Waals surface area contributed by atoms with Crippen LogP contribution < -0.4 is 5.43 Å². The molecule has 1 heterocycles. The van der Waals surface area contributed by atoms with Gasteiger partial charge in [-0.05, 0) is 37.5 Å². The number of aryl methyl sites for hydroxylation is 2. The van der Waals surface area contributed by atoms with E-state index in [1.54, 1.807) is 13.0 Å². The minimum Gasteiger partial charge on any atom is -0.469 e. The van der Waals surface area contributed by atoms with Gasteiger partial charge in [0.25, 0.3) is 5.91 Å². The third kappa shape index (κ3) is 3.15. The fourth-order valence-corrected chi connectivity index (χ4v) is 1.86.